The van der Waals surface area contributed by atoms with Crippen LogP contribution >= 0.6 is 0 Å². The molecule has 0 fully saturated rings. The van der Waals surface area contributed by atoms with Crippen LogP contribution in [0.4, 0.5) is 0 Å². The number of aromatic hydroxyl groups is 2. The Morgan fingerprint density at radius 2 is 0.711 bits per heavy atom. The number of phenolic OH excluding ortho intramolecular Hbond substituents is 2. The van der Waals surface area contributed by atoms with Crippen molar-refractivity contribution < 1.29 is 62.1 Å². The Hall–Kier alpha value is -1.32. The third kappa shape index (κ3) is 10.0. The Morgan fingerprint density at radius 1 is 0.526 bits per heavy atom. The molecule has 0 saturated heterocycles. The number of rotatable bonds is 10. The fourth-order valence-corrected chi connectivity index (χ4v) is 6.09. The number of benzene rings is 2. The average molecular weight is 629 g/mol. The molecule has 0 spiro atoms. The van der Waals surface area contributed by atoms with Gasteiger partial charge in [-0.05, 0) is 11.1 Å². The Balaban J connectivity index is 0.00000722. The summed E-state index contributed by atoms with van der Waals surface area (Å²) in [5, 5.41) is 20.8. The topological polar surface area (TPSA) is 258 Å². The summed E-state index contributed by atoms with van der Waals surface area (Å²) < 4.78 is 129. The molecule has 0 saturated carbocycles. The Morgan fingerprint density at radius 3 is 0.868 bits per heavy atom. The Kier molecular flexibility index (Phi) is 10.6. The average Bonchev–Trinajstić information content (AvgIpc) is 2.63. The maximum atomic E-state index is 11.5. The van der Waals surface area contributed by atoms with E-state index in [1.165, 1.54) is 13.8 Å². The van der Waals surface area contributed by atoms with Crippen LogP contribution in [0.15, 0.2) is 24.3 Å². The van der Waals surface area contributed by atoms with Gasteiger partial charge in [-0.1, -0.05) is 38.1 Å². The predicted molar refractivity (Wildman–Crippen MR) is 137 cm³/mol. The van der Waals surface area contributed by atoms with Gasteiger partial charge in [0.2, 0.25) is 0 Å². The van der Waals surface area contributed by atoms with Gasteiger partial charge in [0.25, 0.3) is 40.5 Å². The van der Waals surface area contributed by atoms with Crippen LogP contribution in [0.1, 0.15) is 47.2 Å². The summed E-state index contributed by atoms with van der Waals surface area (Å²) in [6.07, 6.45) is 0. The first-order valence-electron chi connectivity index (χ1n) is 9.89. The van der Waals surface area contributed by atoms with Crippen molar-refractivity contribution in [3.63, 3.8) is 0 Å². The summed E-state index contributed by atoms with van der Waals surface area (Å²) in [5.74, 6) is -6.31. The minimum absolute atomic E-state index is 0. The van der Waals surface area contributed by atoms with Gasteiger partial charge in [0.05, 0.1) is 0 Å². The van der Waals surface area contributed by atoms with E-state index in [0.29, 0.717) is 0 Å². The Bertz CT molecular complexity index is 1430. The van der Waals surface area contributed by atoms with Crippen LogP contribution in [0.5, 0.6) is 11.5 Å². The van der Waals surface area contributed by atoms with Crippen molar-refractivity contribution in [3.8, 4) is 11.5 Å². The monoisotopic (exact) mass is 628 g/mol. The van der Waals surface area contributed by atoms with Crippen molar-refractivity contribution in [1.82, 2.24) is 0 Å². The zero-order chi connectivity index (χ0) is 28.8. The van der Waals surface area contributed by atoms with Gasteiger partial charge in [-0.25, -0.2) is 0 Å². The third-order valence-electron chi connectivity index (χ3n) is 5.33. The van der Waals surface area contributed by atoms with Crippen LogP contribution < -0.4 is 0 Å². The molecule has 0 aliphatic heterocycles. The molecule has 210 valence electrons. The summed E-state index contributed by atoms with van der Waals surface area (Å²) in [5.41, 5.74) is -3.13. The van der Waals surface area contributed by atoms with E-state index in [0.717, 1.165) is 24.3 Å². The van der Waals surface area contributed by atoms with Gasteiger partial charge in [0, 0.05) is 27.7 Å². The molecule has 0 heterocycles. The quantitative estimate of drug-likeness (QED) is 0.153. The first kappa shape index (κ1) is 34.7. The van der Waals surface area contributed by atoms with Gasteiger partial charge in [-0.15, -0.1) is 0 Å². The van der Waals surface area contributed by atoms with Crippen molar-refractivity contribution in [2.24, 2.45) is 0 Å². The van der Waals surface area contributed by atoms with E-state index in [2.05, 4.69) is 0 Å². The summed E-state index contributed by atoms with van der Waals surface area (Å²) in [7, 11) is -19.0. The molecular formula is C19H25NaO14S4. The number of hydrogen-bond donors (Lipinski definition) is 6. The first-order chi connectivity index (χ1) is 16.4. The number of phenols is 2. The van der Waals surface area contributed by atoms with Crippen LogP contribution in [0, 0.1) is 0 Å². The van der Waals surface area contributed by atoms with Crippen molar-refractivity contribution in [2.45, 2.75) is 42.3 Å². The molecule has 0 atom stereocenters. The van der Waals surface area contributed by atoms with Gasteiger partial charge >= 0.3 is 29.6 Å². The molecule has 2 rings (SSSR count). The molecule has 19 heteroatoms. The first-order valence-corrected chi connectivity index (χ1v) is 16.3. The van der Waals surface area contributed by atoms with E-state index >= 15 is 0 Å². The van der Waals surface area contributed by atoms with Crippen molar-refractivity contribution in [1.29, 1.82) is 0 Å². The summed E-state index contributed by atoms with van der Waals surface area (Å²) in [4.78, 5) is 0. The standard InChI is InChI=1S/C19H24O14S4.Na.H/c1-19(2,15-3-11(7-34(22,23)24)17(20)12(4-15)8-35(25,26)27)16-5-13(9-36(28,29)30)18(21)14(6-16)10-37(31,32)33;;/h3-6,20-21H,7-10H2,1-2H3,(H,22,23,24)(H,25,26,27)(H,28,29,30)(H,31,32,33);;. The van der Waals surface area contributed by atoms with E-state index in [4.69, 9.17) is 0 Å². The van der Waals surface area contributed by atoms with Crippen LogP contribution in [0.3, 0.4) is 0 Å². The van der Waals surface area contributed by atoms with Crippen LogP contribution in [0.2, 0.25) is 0 Å². The maximum absolute atomic E-state index is 11.5. The molecule has 0 aliphatic carbocycles. The molecule has 0 radical (unpaired) electrons. The zero-order valence-corrected chi connectivity index (χ0v) is 22.5. The molecule has 38 heavy (non-hydrogen) atoms. The van der Waals surface area contributed by atoms with Gasteiger partial charge in [-0.2, -0.15) is 33.7 Å². The molecule has 6 N–H and O–H groups in total. The molecular weight excluding hydrogens is 603 g/mol. The third-order valence-corrected chi connectivity index (χ3v) is 8.03. The summed E-state index contributed by atoms with van der Waals surface area (Å²) in [6.45, 7) is 2.88. The van der Waals surface area contributed by atoms with Crippen LogP contribution in [-0.4, -0.2) is 91.7 Å². The normalized spacial score (nSPS) is 13.2. The second kappa shape index (κ2) is 11.7. The van der Waals surface area contributed by atoms with Crippen molar-refractivity contribution in [2.75, 3.05) is 0 Å². The fraction of sp³-hybridized carbons (Fsp3) is 0.368. The Labute approximate surface area is 242 Å². The van der Waals surface area contributed by atoms with E-state index in [1.54, 1.807) is 0 Å². The van der Waals surface area contributed by atoms with Crippen molar-refractivity contribution >= 4 is 70.0 Å². The van der Waals surface area contributed by atoms with Crippen molar-refractivity contribution in [3.05, 3.63) is 57.6 Å². The van der Waals surface area contributed by atoms with E-state index in [9.17, 15) is 62.1 Å². The number of hydrogen-bond acceptors (Lipinski definition) is 10. The molecule has 0 amide bonds. The fourth-order valence-electron chi connectivity index (χ4n) is 3.63. The van der Waals surface area contributed by atoms with E-state index < -0.39 is 103 Å². The molecule has 0 bridgehead atoms. The summed E-state index contributed by atoms with van der Waals surface area (Å²) in [6, 6.07) is 4.31. The molecule has 0 unspecified atom stereocenters. The zero-order valence-electron chi connectivity index (χ0n) is 19.2. The SMILES string of the molecule is CC(C)(c1cc(CS(=O)(=O)O)c(O)c(CS(=O)(=O)O)c1)c1cc(CS(=O)(=O)O)c(O)c(CS(=O)(=O)O)c1.[NaH]. The predicted octanol–water partition coefficient (Wildman–Crippen LogP) is 0.326. The summed E-state index contributed by atoms with van der Waals surface area (Å²) >= 11 is 0. The van der Waals surface area contributed by atoms with Crippen LogP contribution in [-0.2, 0) is 68.9 Å². The molecule has 0 aromatic heterocycles. The van der Waals surface area contributed by atoms with Gasteiger partial charge in [0.15, 0.2) is 0 Å². The van der Waals surface area contributed by atoms with Crippen LogP contribution in [0.25, 0.3) is 0 Å². The molecule has 0 aliphatic rings. The molecule has 2 aromatic carbocycles. The minimum atomic E-state index is -4.74. The molecule has 2 aromatic rings. The van der Waals surface area contributed by atoms with E-state index in [1.807, 2.05) is 0 Å². The van der Waals surface area contributed by atoms with Gasteiger partial charge < -0.3 is 10.2 Å². The van der Waals surface area contributed by atoms with Gasteiger partial charge in [-0.3, -0.25) is 18.2 Å². The molecule has 14 nitrogen and oxygen atoms in total. The second-order valence-electron chi connectivity index (χ2n) is 8.82. The van der Waals surface area contributed by atoms with Gasteiger partial charge in [0.1, 0.15) is 34.5 Å². The second-order valence-corrected chi connectivity index (χ2v) is 14.6. The van der Waals surface area contributed by atoms with E-state index in [-0.39, 0.29) is 40.7 Å².